The average molecular weight is 265 g/mol. The Kier molecular flexibility index (Phi) is 3.38. The van der Waals surface area contributed by atoms with Crippen LogP contribution >= 0.6 is 0 Å². The van der Waals surface area contributed by atoms with Crippen LogP contribution in [0.5, 0.6) is 0 Å². The van der Waals surface area contributed by atoms with Crippen LogP contribution in [0.3, 0.4) is 0 Å². The van der Waals surface area contributed by atoms with Gasteiger partial charge in [-0.25, -0.2) is 0 Å². The second-order valence-corrected chi connectivity index (χ2v) is 5.91. The molecule has 1 aromatic rings. The van der Waals surface area contributed by atoms with Crippen LogP contribution in [0.15, 0.2) is 48.6 Å². The van der Waals surface area contributed by atoms with Crippen LogP contribution in [-0.2, 0) is 10.1 Å². The SMILES string of the molecule is NC1(CS(=O)(=O)O)CC=CC=C1c1ccccc1. The van der Waals surface area contributed by atoms with Gasteiger partial charge in [0.1, 0.15) is 0 Å². The van der Waals surface area contributed by atoms with Crippen molar-refractivity contribution < 1.29 is 13.0 Å². The van der Waals surface area contributed by atoms with E-state index in [1.807, 2.05) is 36.4 Å². The van der Waals surface area contributed by atoms with Gasteiger partial charge in [0.25, 0.3) is 10.1 Å². The molecule has 0 amide bonds. The summed E-state index contributed by atoms with van der Waals surface area (Å²) >= 11 is 0. The van der Waals surface area contributed by atoms with E-state index in [0.29, 0.717) is 6.42 Å². The van der Waals surface area contributed by atoms with Crippen molar-refractivity contribution in [1.29, 1.82) is 0 Å². The maximum atomic E-state index is 11.1. The summed E-state index contributed by atoms with van der Waals surface area (Å²) in [7, 11) is -4.12. The second kappa shape index (κ2) is 4.68. The fraction of sp³-hybridized carbons (Fsp3) is 0.231. The van der Waals surface area contributed by atoms with Crippen LogP contribution < -0.4 is 5.73 Å². The molecule has 0 saturated heterocycles. The fourth-order valence-corrected chi connectivity index (χ4v) is 3.11. The summed E-state index contributed by atoms with van der Waals surface area (Å²) in [6.45, 7) is 0. The van der Waals surface area contributed by atoms with Crippen molar-refractivity contribution in [3.63, 3.8) is 0 Å². The second-order valence-electron chi connectivity index (χ2n) is 4.46. The monoisotopic (exact) mass is 265 g/mol. The summed E-state index contributed by atoms with van der Waals surface area (Å²) in [5.74, 6) is -0.481. The molecule has 0 radical (unpaired) electrons. The van der Waals surface area contributed by atoms with Gasteiger partial charge in [0.2, 0.25) is 0 Å². The van der Waals surface area contributed by atoms with Gasteiger partial charge in [0.15, 0.2) is 0 Å². The number of benzene rings is 1. The standard InChI is InChI=1S/C13H15NO3S/c14-13(10-18(15,16)17)9-5-4-8-12(13)11-6-2-1-3-7-11/h1-8H,9-10,14H2,(H,15,16,17). The molecular formula is C13H15NO3S. The van der Waals surface area contributed by atoms with Crippen LogP contribution in [-0.4, -0.2) is 24.3 Å². The van der Waals surface area contributed by atoms with E-state index in [1.165, 1.54) is 0 Å². The van der Waals surface area contributed by atoms with E-state index in [1.54, 1.807) is 12.2 Å². The van der Waals surface area contributed by atoms with Gasteiger partial charge >= 0.3 is 0 Å². The number of hydrogen-bond acceptors (Lipinski definition) is 3. The molecule has 2 rings (SSSR count). The lowest BCUT2D eigenvalue weighted by molar-refractivity contribution is 0.465. The molecule has 1 aliphatic rings. The van der Waals surface area contributed by atoms with Crippen LogP contribution in [0.2, 0.25) is 0 Å². The minimum atomic E-state index is -4.12. The third kappa shape index (κ3) is 2.87. The van der Waals surface area contributed by atoms with Crippen LogP contribution in [0.25, 0.3) is 5.57 Å². The van der Waals surface area contributed by atoms with Gasteiger partial charge in [-0.1, -0.05) is 48.6 Å². The third-order valence-electron chi connectivity index (χ3n) is 2.94. The van der Waals surface area contributed by atoms with Gasteiger partial charge in [0, 0.05) is 0 Å². The molecule has 5 heteroatoms. The third-order valence-corrected chi connectivity index (χ3v) is 3.82. The molecule has 0 fully saturated rings. The molecule has 0 bridgehead atoms. The highest BCUT2D eigenvalue weighted by Crippen LogP contribution is 2.32. The Morgan fingerprint density at radius 2 is 1.94 bits per heavy atom. The van der Waals surface area contributed by atoms with Gasteiger partial charge < -0.3 is 5.73 Å². The molecule has 0 heterocycles. The topological polar surface area (TPSA) is 80.4 Å². The largest absolute Gasteiger partial charge is 0.320 e. The summed E-state index contributed by atoms with van der Waals surface area (Å²) in [6.07, 6.45) is 5.83. The molecule has 1 unspecified atom stereocenters. The Labute approximate surface area is 107 Å². The van der Waals surface area contributed by atoms with E-state index >= 15 is 0 Å². The molecular weight excluding hydrogens is 250 g/mol. The quantitative estimate of drug-likeness (QED) is 0.814. The van der Waals surface area contributed by atoms with Crippen molar-refractivity contribution in [2.24, 2.45) is 5.73 Å². The molecule has 96 valence electrons. The molecule has 1 atom stereocenters. The first kappa shape index (κ1) is 13.0. The maximum Gasteiger partial charge on any atom is 0.267 e. The summed E-state index contributed by atoms with van der Waals surface area (Å²) < 4.78 is 31.3. The average Bonchev–Trinajstić information content (AvgIpc) is 2.27. The first-order chi connectivity index (χ1) is 8.41. The number of nitrogens with two attached hydrogens (primary N) is 1. The first-order valence-corrected chi connectivity index (χ1v) is 7.18. The Balaban J connectivity index is 2.43. The van der Waals surface area contributed by atoms with Crippen molar-refractivity contribution in [3.8, 4) is 0 Å². The minimum Gasteiger partial charge on any atom is -0.320 e. The molecule has 0 aromatic heterocycles. The number of hydrogen-bond donors (Lipinski definition) is 2. The maximum absolute atomic E-state index is 11.1. The van der Waals surface area contributed by atoms with Gasteiger partial charge in [-0.05, 0) is 17.6 Å². The van der Waals surface area contributed by atoms with Gasteiger partial charge in [-0.15, -0.1) is 0 Å². The Morgan fingerprint density at radius 1 is 1.28 bits per heavy atom. The van der Waals surface area contributed by atoms with Crippen molar-refractivity contribution in [1.82, 2.24) is 0 Å². The van der Waals surface area contributed by atoms with Crippen molar-refractivity contribution >= 4 is 15.7 Å². The smallest absolute Gasteiger partial charge is 0.267 e. The van der Waals surface area contributed by atoms with Gasteiger partial charge in [0.05, 0.1) is 11.3 Å². The first-order valence-electron chi connectivity index (χ1n) is 5.57. The molecule has 1 aromatic carbocycles. The molecule has 3 N–H and O–H groups in total. The van der Waals surface area contributed by atoms with Gasteiger partial charge in [-0.2, -0.15) is 8.42 Å². The van der Waals surface area contributed by atoms with E-state index in [0.717, 1.165) is 11.1 Å². The number of rotatable bonds is 3. The highest BCUT2D eigenvalue weighted by Gasteiger charge is 2.35. The summed E-state index contributed by atoms with van der Waals surface area (Å²) in [5.41, 5.74) is 6.68. The van der Waals surface area contributed by atoms with E-state index in [4.69, 9.17) is 10.3 Å². The lowest BCUT2D eigenvalue weighted by atomic mass is 9.82. The normalized spacial score (nSPS) is 23.8. The molecule has 0 aliphatic heterocycles. The summed E-state index contributed by atoms with van der Waals surface area (Å²) in [4.78, 5) is 0. The Bertz CT molecular complexity index is 590. The summed E-state index contributed by atoms with van der Waals surface area (Å²) in [6, 6.07) is 9.35. The van der Waals surface area contributed by atoms with Crippen LogP contribution in [0.1, 0.15) is 12.0 Å². The Hall–Kier alpha value is -1.43. The van der Waals surface area contributed by atoms with Crippen molar-refractivity contribution in [2.75, 3.05) is 5.75 Å². The van der Waals surface area contributed by atoms with E-state index in [-0.39, 0.29) is 0 Å². The lowest BCUT2D eigenvalue weighted by Gasteiger charge is -2.32. The molecule has 4 nitrogen and oxygen atoms in total. The molecule has 0 saturated carbocycles. The molecule has 1 aliphatic carbocycles. The van der Waals surface area contributed by atoms with Crippen LogP contribution in [0, 0.1) is 0 Å². The predicted molar refractivity (Wildman–Crippen MR) is 71.5 cm³/mol. The highest BCUT2D eigenvalue weighted by atomic mass is 32.2. The fourth-order valence-electron chi connectivity index (χ4n) is 2.18. The molecule has 18 heavy (non-hydrogen) atoms. The molecule has 0 spiro atoms. The minimum absolute atomic E-state index is 0.382. The predicted octanol–water partition coefficient (Wildman–Crippen LogP) is 1.62. The summed E-state index contributed by atoms with van der Waals surface area (Å²) in [5, 5.41) is 0. The van der Waals surface area contributed by atoms with E-state index in [9.17, 15) is 8.42 Å². The van der Waals surface area contributed by atoms with Crippen molar-refractivity contribution in [2.45, 2.75) is 12.0 Å². The number of allylic oxidation sites excluding steroid dienone is 2. The lowest BCUT2D eigenvalue weighted by Crippen LogP contribution is -2.47. The van der Waals surface area contributed by atoms with E-state index < -0.39 is 21.4 Å². The van der Waals surface area contributed by atoms with Crippen molar-refractivity contribution in [3.05, 3.63) is 54.1 Å². The van der Waals surface area contributed by atoms with E-state index in [2.05, 4.69) is 0 Å². The highest BCUT2D eigenvalue weighted by molar-refractivity contribution is 7.85. The Morgan fingerprint density at radius 3 is 2.56 bits per heavy atom. The zero-order valence-corrected chi connectivity index (χ0v) is 10.6. The van der Waals surface area contributed by atoms with Crippen LogP contribution in [0.4, 0.5) is 0 Å². The zero-order chi connectivity index (χ0) is 13.2. The zero-order valence-electron chi connectivity index (χ0n) is 9.78. The van der Waals surface area contributed by atoms with Gasteiger partial charge in [-0.3, -0.25) is 4.55 Å².